The first kappa shape index (κ1) is 16.1. The highest BCUT2D eigenvalue weighted by molar-refractivity contribution is 5.96. The molecule has 0 bridgehead atoms. The smallest absolute Gasteiger partial charge is 0.320 e. The monoisotopic (exact) mass is 330 g/mol. The van der Waals surface area contributed by atoms with E-state index in [9.17, 15) is 14.9 Å². The summed E-state index contributed by atoms with van der Waals surface area (Å²) in [4.78, 5) is 25.1. The topological polar surface area (TPSA) is 90.5 Å². The summed E-state index contributed by atoms with van der Waals surface area (Å²) in [6, 6.07) is 8.98. The van der Waals surface area contributed by atoms with E-state index in [-0.39, 0.29) is 23.6 Å². The zero-order valence-electron chi connectivity index (χ0n) is 13.5. The number of carbonyl (C=O) groups excluding carboxylic acids is 1. The van der Waals surface area contributed by atoms with Crippen LogP contribution in [0, 0.1) is 10.1 Å². The van der Waals surface area contributed by atoms with Crippen molar-refractivity contribution in [3.05, 3.63) is 52.3 Å². The van der Waals surface area contributed by atoms with Crippen LogP contribution >= 0.6 is 0 Å². The zero-order valence-corrected chi connectivity index (χ0v) is 13.5. The number of nitrogens with zero attached hydrogens (tertiary/aromatic N) is 4. The second-order valence-corrected chi connectivity index (χ2v) is 5.87. The van der Waals surface area contributed by atoms with Gasteiger partial charge in [0.1, 0.15) is 6.20 Å². The van der Waals surface area contributed by atoms with Crippen molar-refractivity contribution < 1.29 is 14.5 Å². The maximum atomic E-state index is 12.8. The van der Waals surface area contributed by atoms with Gasteiger partial charge in [0.15, 0.2) is 0 Å². The normalized spacial score (nSPS) is 20.8. The third-order valence-electron chi connectivity index (χ3n) is 3.82. The van der Waals surface area contributed by atoms with Crippen LogP contribution in [0.3, 0.4) is 0 Å². The molecule has 0 spiro atoms. The van der Waals surface area contributed by atoms with Crippen LogP contribution in [0.15, 0.2) is 36.5 Å². The fraction of sp³-hybridized carbons (Fsp3) is 0.375. The van der Waals surface area contributed by atoms with Gasteiger partial charge in [-0.3, -0.25) is 14.9 Å². The molecule has 1 amide bonds. The molecule has 0 N–H and O–H groups in total. The molecular formula is C16H18N4O4. The van der Waals surface area contributed by atoms with Gasteiger partial charge in [-0.25, -0.2) is 4.68 Å². The third kappa shape index (κ3) is 3.13. The van der Waals surface area contributed by atoms with Crippen molar-refractivity contribution in [1.29, 1.82) is 0 Å². The van der Waals surface area contributed by atoms with Crippen molar-refractivity contribution >= 4 is 11.6 Å². The summed E-state index contributed by atoms with van der Waals surface area (Å²) in [6.45, 7) is 4.51. The van der Waals surface area contributed by atoms with Gasteiger partial charge in [0.2, 0.25) is 5.69 Å². The van der Waals surface area contributed by atoms with E-state index in [2.05, 4.69) is 5.10 Å². The van der Waals surface area contributed by atoms with Gasteiger partial charge in [-0.15, -0.1) is 0 Å². The Balaban J connectivity index is 1.96. The highest BCUT2D eigenvalue weighted by atomic mass is 16.6. The molecule has 1 saturated heterocycles. The minimum absolute atomic E-state index is 0.118. The highest BCUT2D eigenvalue weighted by Crippen LogP contribution is 2.23. The lowest BCUT2D eigenvalue weighted by atomic mass is 10.2. The van der Waals surface area contributed by atoms with Crippen molar-refractivity contribution in [2.24, 2.45) is 0 Å². The van der Waals surface area contributed by atoms with Crippen molar-refractivity contribution in [1.82, 2.24) is 14.7 Å². The zero-order chi connectivity index (χ0) is 17.3. The van der Waals surface area contributed by atoms with Crippen molar-refractivity contribution in [3.63, 3.8) is 0 Å². The Morgan fingerprint density at radius 2 is 1.88 bits per heavy atom. The average molecular weight is 330 g/mol. The largest absolute Gasteiger partial charge is 0.372 e. The van der Waals surface area contributed by atoms with Crippen LogP contribution < -0.4 is 0 Å². The van der Waals surface area contributed by atoms with Crippen molar-refractivity contribution in [2.75, 3.05) is 13.1 Å². The van der Waals surface area contributed by atoms with Crippen LogP contribution in [0.4, 0.5) is 5.69 Å². The molecule has 2 heterocycles. The Hall–Kier alpha value is -2.74. The van der Waals surface area contributed by atoms with Gasteiger partial charge in [-0.2, -0.15) is 5.10 Å². The van der Waals surface area contributed by atoms with E-state index in [1.807, 2.05) is 19.9 Å². The average Bonchev–Trinajstić information content (AvgIpc) is 2.99. The number of benzene rings is 1. The number of ether oxygens (including phenoxy) is 1. The lowest BCUT2D eigenvalue weighted by molar-refractivity contribution is -0.385. The SMILES string of the molecule is C[C@@H]1CN(C(=O)c2nn(-c3ccccc3)cc2[N+](=O)[O-])C[C@H](C)O1. The van der Waals surface area contributed by atoms with E-state index in [0.717, 1.165) is 0 Å². The molecule has 0 saturated carbocycles. The number of amides is 1. The predicted molar refractivity (Wildman–Crippen MR) is 86.1 cm³/mol. The summed E-state index contributed by atoms with van der Waals surface area (Å²) in [5.74, 6) is -0.446. The molecule has 1 aliphatic heterocycles. The summed E-state index contributed by atoms with van der Waals surface area (Å²) in [6.07, 6.45) is 1.04. The van der Waals surface area contributed by atoms with Crippen LogP contribution in [0.1, 0.15) is 24.3 Å². The molecule has 1 aromatic heterocycles. The van der Waals surface area contributed by atoms with Crippen LogP contribution in [0.25, 0.3) is 5.69 Å². The van der Waals surface area contributed by atoms with Gasteiger partial charge in [-0.05, 0) is 26.0 Å². The van der Waals surface area contributed by atoms with E-state index >= 15 is 0 Å². The molecule has 24 heavy (non-hydrogen) atoms. The van der Waals surface area contributed by atoms with E-state index in [1.165, 1.54) is 10.9 Å². The maximum Gasteiger partial charge on any atom is 0.320 e. The minimum atomic E-state index is -0.576. The Bertz CT molecular complexity index is 749. The van der Waals surface area contributed by atoms with Gasteiger partial charge >= 0.3 is 5.69 Å². The van der Waals surface area contributed by atoms with Crippen LogP contribution in [0.2, 0.25) is 0 Å². The summed E-state index contributed by atoms with van der Waals surface area (Å²) >= 11 is 0. The molecule has 126 valence electrons. The Labute approximate surface area is 138 Å². The van der Waals surface area contributed by atoms with Gasteiger partial charge in [-0.1, -0.05) is 18.2 Å². The second kappa shape index (κ2) is 6.40. The summed E-state index contributed by atoms with van der Waals surface area (Å²) in [7, 11) is 0. The second-order valence-electron chi connectivity index (χ2n) is 5.87. The number of aromatic nitrogens is 2. The maximum absolute atomic E-state index is 12.8. The third-order valence-corrected chi connectivity index (χ3v) is 3.82. The lowest BCUT2D eigenvalue weighted by Gasteiger charge is -2.34. The van der Waals surface area contributed by atoms with Gasteiger partial charge in [0.25, 0.3) is 5.91 Å². The first-order valence-electron chi connectivity index (χ1n) is 7.70. The number of hydrogen-bond donors (Lipinski definition) is 0. The molecule has 0 aliphatic carbocycles. The minimum Gasteiger partial charge on any atom is -0.372 e. The predicted octanol–water partition coefficient (Wildman–Crippen LogP) is 2.03. The molecular weight excluding hydrogens is 312 g/mol. The van der Waals surface area contributed by atoms with Crippen LogP contribution in [0.5, 0.6) is 0 Å². The molecule has 8 heteroatoms. The quantitative estimate of drug-likeness (QED) is 0.634. The first-order chi connectivity index (χ1) is 11.5. The molecule has 2 aromatic rings. The van der Waals surface area contributed by atoms with Gasteiger partial charge < -0.3 is 9.64 Å². The van der Waals surface area contributed by atoms with E-state index in [4.69, 9.17) is 4.74 Å². The Morgan fingerprint density at radius 3 is 2.46 bits per heavy atom. The van der Waals surface area contributed by atoms with E-state index in [1.54, 1.807) is 29.2 Å². The van der Waals surface area contributed by atoms with Gasteiger partial charge in [0.05, 0.1) is 22.8 Å². The van der Waals surface area contributed by atoms with E-state index < -0.39 is 10.8 Å². The molecule has 2 atom stereocenters. The van der Waals surface area contributed by atoms with Crippen LogP contribution in [-0.2, 0) is 4.74 Å². The molecule has 0 radical (unpaired) electrons. The number of hydrogen-bond acceptors (Lipinski definition) is 5. The number of rotatable bonds is 3. The number of morpholine rings is 1. The van der Waals surface area contributed by atoms with Gasteiger partial charge in [0, 0.05) is 13.1 Å². The standard InChI is InChI=1S/C16H18N4O4/c1-11-8-18(9-12(2)24-11)16(21)15-14(20(22)23)10-19(17-15)13-6-4-3-5-7-13/h3-7,10-12H,8-9H2,1-2H3/t11-,12+. The number of nitro groups is 1. The summed E-state index contributed by atoms with van der Waals surface area (Å²) in [5, 5.41) is 15.5. The first-order valence-corrected chi connectivity index (χ1v) is 7.70. The van der Waals surface area contributed by atoms with Crippen LogP contribution in [-0.4, -0.2) is 50.8 Å². The Kier molecular flexibility index (Phi) is 4.30. The number of carbonyl (C=O) groups is 1. The highest BCUT2D eigenvalue weighted by Gasteiger charge is 2.33. The fourth-order valence-corrected chi connectivity index (χ4v) is 2.86. The summed E-state index contributed by atoms with van der Waals surface area (Å²) in [5.41, 5.74) is 0.212. The molecule has 0 unspecified atom stereocenters. The molecule has 3 rings (SSSR count). The fourth-order valence-electron chi connectivity index (χ4n) is 2.86. The lowest BCUT2D eigenvalue weighted by Crippen LogP contribution is -2.48. The number of para-hydroxylation sites is 1. The molecule has 1 aliphatic rings. The summed E-state index contributed by atoms with van der Waals surface area (Å²) < 4.78 is 6.96. The molecule has 1 aromatic carbocycles. The van der Waals surface area contributed by atoms with Crippen molar-refractivity contribution in [2.45, 2.75) is 26.1 Å². The molecule has 1 fully saturated rings. The van der Waals surface area contributed by atoms with Crippen molar-refractivity contribution in [3.8, 4) is 5.69 Å². The Morgan fingerprint density at radius 1 is 1.25 bits per heavy atom. The van der Waals surface area contributed by atoms with E-state index in [0.29, 0.717) is 18.8 Å². The molecule has 8 nitrogen and oxygen atoms in total.